The van der Waals surface area contributed by atoms with Gasteiger partial charge in [0.1, 0.15) is 0 Å². The monoisotopic (exact) mass is 282 g/mol. The third-order valence-electron chi connectivity index (χ3n) is 3.58. The van der Waals surface area contributed by atoms with E-state index in [0.717, 1.165) is 41.6 Å². The van der Waals surface area contributed by atoms with Crippen LogP contribution in [0.1, 0.15) is 19.4 Å². The lowest BCUT2D eigenvalue weighted by molar-refractivity contribution is 0.353. The van der Waals surface area contributed by atoms with E-state index in [9.17, 15) is 0 Å². The standard InChI is InChI=1S/C14H23ClN4/c1-14(2)9-19(5-4-18-14)13-7-10(15)6-12(17-3)11(13)8-16/h6-7,17-18H,4-5,8-9,16H2,1-3H3. The summed E-state index contributed by atoms with van der Waals surface area (Å²) >= 11 is 6.22. The van der Waals surface area contributed by atoms with Gasteiger partial charge in [-0.15, -0.1) is 0 Å². The lowest BCUT2D eigenvalue weighted by Gasteiger charge is -2.41. The van der Waals surface area contributed by atoms with Gasteiger partial charge in [0.05, 0.1) is 0 Å². The van der Waals surface area contributed by atoms with Gasteiger partial charge >= 0.3 is 0 Å². The normalized spacial score (nSPS) is 18.5. The van der Waals surface area contributed by atoms with Gasteiger partial charge in [-0.3, -0.25) is 0 Å². The second-order valence-electron chi connectivity index (χ2n) is 5.64. The molecule has 1 heterocycles. The SMILES string of the molecule is CNc1cc(Cl)cc(N2CCNC(C)(C)C2)c1CN. The van der Waals surface area contributed by atoms with Crippen LogP contribution in [-0.4, -0.2) is 32.2 Å². The summed E-state index contributed by atoms with van der Waals surface area (Å²) in [5, 5.41) is 7.44. The van der Waals surface area contributed by atoms with Crippen molar-refractivity contribution in [1.29, 1.82) is 0 Å². The fraction of sp³-hybridized carbons (Fsp3) is 0.571. The number of nitrogens with one attached hydrogen (secondary N) is 2. The third kappa shape index (κ3) is 3.14. The number of nitrogens with zero attached hydrogens (tertiary/aromatic N) is 1. The molecule has 0 aromatic heterocycles. The number of rotatable bonds is 3. The van der Waals surface area contributed by atoms with Crippen molar-refractivity contribution in [3.05, 3.63) is 22.7 Å². The number of hydrogen-bond donors (Lipinski definition) is 3. The first-order chi connectivity index (χ1) is 8.96. The van der Waals surface area contributed by atoms with Crippen molar-refractivity contribution < 1.29 is 0 Å². The predicted octanol–water partition coefficient (Wildman–Crippen LogP) is 2.03. The number of anilines is 2. The molecule has 1 saturated heterocycles. The Hall–Kier alpha value is -0.970. The maximum Gasteiger partial charge on any atom is 0.0448 e. The average Bonchev–Trinajstić information content (AvgIpc) is 2.36. The van der Waals surface area contributed by atoms with Gasteiger partial charge < -0.3 is 21.3 Å². The smallest absolute Gasteiger partial charge is 0.0448 e. The number of hydrogen-bond acceptors (Lipinski definition) is 4. The lowest BCUT2D eigenvalue weighted by Crippen LogP contribution is -2.57. The van der Waals surface area contributed by atoms with Crippen molar-refractivity contribution in [2.45, 2.75) is 25.9 Å². The highest BCUT2D eigenvalue weighted by molar-refractivity contribution is 6.31. The summed E-state index contributed by atoms with van der Waals surface area (Å²) in [4.78, 5) is 2.37. The third-order valence-corrected chi connectivity index (χ3v) is 3.79. The molecule has 1 aliphatic rings. The fourth-order valence-electron chi connectivity index (χ4n) is 2.69. The van der Waals surface area contributed by atoms with Crippen LogP contribution in [0.2, 0.25) is 5.02 Å². The Morgan fingerprint density at radius 3 is 2.79 bits per heavy atom. The van der Waals surface area contributed by atoms with Crippen molar-refractivity contribution >= 4 is 23.0 Å². The second kappa shape index (κ2) is 5.57. The first-order valence-electron chi connectivity index (χ1n) is 6.67. The number of piperazine rings is 1. The van der Waals surface area contributed by atoms with Gasteiger partial charge in [-0.05, 0) is 26.0 Å². The maximum absolute atomic E-state index is 6.22. The van der Waals surface area contributed by atoms with Crippen LogP contribution in [0.25, 0.3) is 0 Å². The molecule has 0 amide bonds. The zero-order valence-electron chi connectivity index (χ0n) is 11.9. The summed E-state index contributed by atoms with van der Waals surface area (Å²) in [5.41, 5.74) is 9.32. The van der Waals surface area contributed by atoms with Gasteiger partial charge in [-0.25, -0.2) is 0 Å². The molecule has 0 atom stereocenters. The van der Waals surface area contributed by atoms with Crippen molar-refractivity contribution in [3.8, 4) is 0 Å². The Morgan fingerprint density at radius 1 is 1.47 bits per heavy atom. The van der Waals surface area contributed by atoms with Crippen LogP contribution in [0.3, 0.4) is 0 Å². The van der Waals surface area contributed by atoms with Crippen LogP contribution < -0.4 is 21.3 Å². The Bertz CT molecular complexity index is 459. The van der Waals surface area contributed by atoms with Crippen LogP contribution in [0.5, 0.6) is 0 Å². The quantitative estimate of drug-likeness (QED) is 0.794. The Balaban J connectivity index is 2.40. The molecule has 4 nitrogen and oxygen atoms in total. The van der Waals surface area contributed by atoms with E-state index in [1.165, 1.54) is 0 Å². The zero-order valence-corrected chi connectivity index (χ0v) is 12.6. The molecule has 106 valence electrons. The number of nitrogens with two attached hydrogens (primary N) is 1. The molecule has 0 radical (unpaired) electrons. The molecule has 0 saturated carbocycles. The maximum atomic E-state index is 6.22. The number of halogens is 1. The second-order valence-corrected chi connectivity index (χ2v) is 6.07. The van der Waals surface area contributed by atoms with Crippen LogP contribution in [0.4, 0.5) is 11.4 Å². The van der Waals surface area contributed by atoms with E-state index in [2.05, 4.69) is 29.4 Å². The lowest BCUT2D eigenvalue weighted by atomic mass is 10.00. The van der Waals surface area contributed by atoms with Gasteiger partial charge in [0.2, 0.25) is 0 Å². The fourth-order valence-corrected chi connectivity index (χ4v) is 2.90. The summed E-state index contributed by atoms with van der Waals surface area (Å²) in [6, 6.07) is 3.95. The summed E-state index contributed by atoms with van der Waals surface area (Å²) in [7, 11) is 1.90. The molecule has 1 aromatic carbocycles. The summed E-state index contributed by atoms with van der Waals surface area (Å²) in [6.45, 7) is 7.82. The molecule has 2 rings (SSSR count). The van der Waals surface area contributed by atoms with E-state index in [1.54, 1.807) is 0 Å². The molecule has 5 heteroatoms. The largest absolute Gasteiger partial charge is 0.388 e. The minimum absolute atomic E-state index is 0.103. The highest BCUT2D eigenvalue weighted by Gasteiger charge is 2.27. The van der Waals surface area contributed by atoms with Crippen molar-refractivity contribution in [2.24, 2.45) is 5.73 Å². The Labute approximate surface area is 120 Å². The highest BCUT2D eigenvalue weighted by Crippen LogP contribution is 2.33. The molecule has 1 fully saturated rings. The summed E-state index contributed by atoms with van der Waals surface area (Å²) < 4.78 is 0. The molecular weight excluding hydrogens is 260 g/mol. The van der Waals surface area contributed by atoms with E-state index in [0.29, 0.717) is 6.54 Å². The molecule has 0 bridgehead atoms. The van der Waals surface area contributed by atoms with E-state index < -0.39 is 0 Å². The summed E-state index contributed by atoms with van der Waals surface area (Å²) in [5.74, 6) is 0. The predicted molar refractivity (Wildman–Crippen MR) is 83.2 cm³/mol. The molecule has 19 heavy (non-hydrogen) atoms. The number of benzene rings is 1. The summed E-state index contributed by atoms with van der Waals surface area (Å²) in [6.07, 6.45) is 0. The average molecular weight is 283 g/mol. The molecule has 0 unspecified atom stereocenters. The van der Waals surface area contributed by atoms with Gasteiger partial charge in [-0.1, -0.05) is 11.6 Å². The Kier molecular flexibility index (Phi) is 4.23. The molecule has 4 N–H and O–H groups in total. The molecule has 0 spiro atoms. The van der Waals surface area contributed by atoms with Gasteiger partial charge in [0.15, 0.2) is 0 Å². The first-order valence-corrected chi connectivity index (χ1v) is 7.05. The van der Waals surface area contributed by atoms with Crippen molar-refractivity contribution in [3.63, 3.8) is 0 Å². The minimum Gasteiger partial charge on any atom is -0.388 e. The van der Waals surface area contributed by atoms with E-state index in [-0.39, 0.29) is 5.54 Å². The topological polar surface area (TPSA) is 53.3 Å². The van der Waals surface area contributed by atoms with Crippen molar-refractivity contribution in [2.75, 3.05) is 36.9 Å². The van der Waals surface area contributed by atoms with Gasteiger partial charge in [0.25, 0.3) is 0 Å². The van der Waals surface area contributed by atoms with E-state index in [4.69, 9.17) is 17.3 Å². The zero-order chi connectivity index (χ0) is 14.0. The Morgan fingerprint density at radius 2 is 2.21 bits per heavy atom. The van der Waals surface area contributed by atoms with Gasteiger partial charge in [-0.2, -0.15) is 0 Å². The van der Waals surface area contributed by atoms with Crippen LogP contribution in [-0.2, 0) is 6.54 Å². The molecule has 1 aliphatic heterocycles. The van der Waals surface area contributed by atoms with Gasteiger partial charge in [0, 0.05) is 60.7 Å². The first kappa shape index (κ1) is 14.4. The van der Waals surface area contributed by atoms with Crippen molar-refractivity contribution in [1.82, 2.24) is 5.32 Å². The van der Waals surface area contributed by atoms with Crippen LogP contribution in [0.15, 0.2) is 12.1 Å². The molecule has 1 aromatic rings. The molecule has 0 aliphatic carbocycles. The van der Waals surface area contributed by atoms with Crippen LogP contribution >= 0.6 is 11.6 Å². The van der Waals surface area contributed by atoms with E-state index in [1.807, 2.05) is 19.2 Å². The highest BCUT2D eigenvalue weighted by atomic mass is 35.5. The molecular formula is C14H23ClN4. The van der Waals surface area contributed by atoms with Crippen LogP contribution in [0, 0.1) is 0 Å². The van der Waals surface area contributed by atoms with E-state index >= 15 is 0 Å². The minimum atomic E-state index is 0.103.